The van der Waals surface area contributed by atoms with Crippen LogP contribution in [-0.2, 0) is 0 Å². The topological polar surface area (TPSA) is 39.7 Å². The van der Waals surface area contributed by atoms with Crippen molar-refractivity contribution in [1.29, 1.82) is 0 Å². The van der Waals surface area contributed by atoms with Crippen molar-refractivity contribution in [2.24, 2.45) is 0 Å². The predicted octanol–water partition coefficient (Wildman–Crippen LogP) is 0.0137. The molecule has 3 saturated heterocycles. The van der Waals surface area contributed by atoms with Gasteiger partial charge in [0.15, 0.2) is 0 Å². The van der Waals surface area contributed by atoms with E-state index >= 15 is 0 Å². The Labute approximate surface area is 185 Å². The summed E-state index contributed by atoms with van der Waals surface area (Å²) in [6.45, 7) is 22.4. The second kappa shape index (κ2) is 11.0. The zero-order valence-corrected chi connectivity index (χ0v) is 20.5. The number of piperazine rings is 3. The van der Waals surface area contributed by atoms with E-state index in [1.165, 1.54) is 39.3 Å². The van der Waals surface area contributed by atoms with E-state index in [9.17, 15) is 5.11 Å². The van der Waals surface area contributed by atoms with Crippen molar-refractivity contribution in [2.75, 3.05) is 92.7 Å². The Hall–Kier alpha value is -0.280. The third-order valence-electron chi connectivity index (χ3n) is 8.26. The summed E-state index contributed by atoms with van der Waals surface area (Å²) in [7, 11) is 4.40. The molecular formula is C23H48N6O. The quantitative estimate of drug-likeness (QED) is 0.618. The predicted molar refractivity (Wildman–Crippen MR) is 125 cm³/mol. The second-order valence-corrected chi connectivity index (χ2v) is 10.1. The highest BCUT2D eigenvalue weighted by Gasteiger charge is 2.40. The van der Waals surface area contributed by atoms with Crippen LogP contribution in [0.25, 0.3) is 0 Å². The maximum atomic E-state index is 9.88. The van der Waals surface area contributed by atoms with E-state index in [0.717, 1.165) is 32.7 Å². The van der Waals surface area contributed by atoms with Crippen LogP contribution in [0.15, 0.2) is 0 Å². The molecule has 0 spiro atoms. The van der Waals surface area contributed by atoms with E-state index in [1.807, 2.05) is 0 Å². The molecule has 0 aromatic carbocycles. The normalized spacial score (nSPS) is 32.9. The van der Waals surface area contributed by atoms with Gasteiger partial charge >= 0.3 is 0 Å². The van der Waals surface area contributed by atoms with Crippen molar-refractivity contribution in [1.82, 2.24) is 29.4 Å². The molecule has 0 amide bonds. The fourth-order valence-corrected chi connectivity index (χ4v) is 6.10. The van der Waals surface area contributed by atoms with E-state index in [-0.39, 0.29) is 12.6 Å². The van der Waals surface area contributed by atoms with Crippen LogP contribution >= 0.6 is 0 Å². The number of aliphatic hydroxyl groups excluding tert-OH is 1. The Bertz CT molecular complexity index is 514. The minimum atomic E-state index is 0.255. The summed E-state index contributed by atoms with van der Waals surface area (Å²) in [4.78, 5) is 15.6. The van der Waals surface area contributed by atoms with E-state index in [0.29, 0.717) is 24.2 Å². The number of likely N-dealkylation sites (N-methyl/N-ethyl adjacent to an activating group) is 3. The summed E-state index contributed by atoms with van der Waals surface area (Å²) in [6.07, 6.45) is 0. The fourth-order valence-electron chi connectivity index (χ4n) is 6.10. The van der Waals surface area contributed by atoms with Gasteiger partial charge in [-0.25, -0.2) is 0 Å². The lowest BCUT2D eigenvalue weighted by molar-refractivity contribution is -0.0420. The molecule has 3 aliphatic rings. The zero-order valence-electron chi connectivity index (χ0n) is 20.5. The Kier molecular flexibility index (Phi) is 8.96. The molecule has 3 heterocycles. The molecule has 0 radical (unpaired) electrons. The molecule has 5 atom stereocenters. The Balaban J connectivity index is 1.76. The lowest BCUT2D eigenvalue weighted by atomic mass is 9.94. The number of nitrogens with zero attached hydrogens (tertiary/aromatic N) is 6. The van der Waals surface area contributed by atoms with Crippen LogP contribution in [0.4, 0.5) is 0 Å². The largest absolute Gasteiger partial charge is 0.395 e. The van der Waals surface area contributed by atoms with E-state index in [1.54, 1.807) is 0 Å². The highest BCUT2D eigenvalue weighted by molar-refractivity contribution is 4.98. The highest BCUT2D eigenvalue weighted by Crippen LogP contribution is 2.25. The van der Waals surface area contributed by atoms with Gasteiger partial charge in [-0.3, -0.25) is 19.6 Å². The summed E-state index contributed by atoms with van der Waals surface area (Å²) in [5.41, 5.74) is 0. The zero-order chi connectivity index (χ0) is 21.8. The molecule has 7 nitrogen and oxygen atoms in total. The van der Waals surface area contributed by atoms with E-state index in [2.05, 4.69) is 71.2 Å². The smallest absolute Gasteiger partial charge is 0.0599 e. The lowest BCUT2D eigenvalue weighted by Gasteiger charge is -2.53. The minimum Gasteiger partial charge on any atom is -0.395 e. The Morgan fingerprint density at radius 2 is 1.50 bits per heavy atom. The number of hydrogen-bond donors (Lipinski definition) is 1. The van der Waals surface area contributed by atoms with Gasteiger partial charge in [0, 0.05) is 95.7 Å². The standard InChI is InChI=1S/C23H48N6O/c1-7-26-10-13-27(14-11-26)23(21(4)29-15-8-24(5)16-19(29)2)20(3)28-12-9-25(6)22(17-28)18-30/h19-23,30H,7-18H2,1-6H3/t19-,20-,21+,22?,23+/m0/s1. The van der Waals surface area contributed by atoms with Gasteiger partial charge in [0.1, 0.15) is 0 Å². The Morgan fingerprint density at radius 1 is 0.833 bits per heavy atom. The summed E-state index contributed by atoms with van der Waals surface area (Å²) in [5.74, 6) is 0. The monoisotopic (exact) mass is 424 g/mol. The van der Waals surface area contributed by atoms with Crippen LogP contribution < -0.4 is 0 Å². The van der Waals surface area contributed by atoms with Crippen molar-refractivity contribution in [3.05, 3.63) is 0 Å². The van der Waals surface area contributed by atoms with Crippen LogP contribution in [0, 0.1) is 0 Å². The van der Waals surface area contributed by atoms with Gasteiger partial charge in [-0.05, 0) is 41.4 Å². The van der Waals surface area contributed by atoms with Crippen LogP contribution in [-0.4, -0.2) is 157 Å². The molecule has 3 rings (SSSR count). The molecule has 1 unspecified atom stereocenters. The molecule has 0 aromatic rings. The van der Waals surface area contributed by atoms with Gasteiger partial charge in [0.25, 0.3) is 0 Å². The molecule has 176 valence electrons. The molecule has 0 saturated carbocycles. The van der Waals surface area contributed by atoms with E-state index in [4.69, 9.17) is 0 Å². The summed E-state index contributed by atoms with van der Waals surface area (Å²) < 4.78 is 0. The molecule has 30 heavy (non-hydrogen) atoms. The van der Waals surface area contributed by atoms with Crippen LogP contribution in [0.2, 0.25) is 0 Å². The van der Waals surface area contributed by atoms with Crippen molar-refractivity contribution in [3.8, 4) is 0 Å². The number of aliphatic hydroxyl groups is 1. The maximum Gasteiger partial charge on any atom is 0.0599 e. The van der Waals surface area contributed by atoms with Crippen LogP contribution in [0.3, 0.4) is 0 Å². The molecular weight excluding hydrogens is 376 g/mol. The molecule has 0 aromatic heterocycles. The third-order valence-corrected chi connectivity index (χ3v) is 8.26. The summed E-state index contributed by atoms with van der Waals surface area (Å²) >= 11 is 0. The number of hydrogen-bond acceptors (Lipinski definition) is 7. The van der Waals surface area contributed by atoms with Gasteiger partial charge < -0.3 is 14.9 Å². The van der Waals surface area contributed by atoms with Gasteiger partial charge in [-0.2, -0.15) is 0 Å². The average Bonchev–Trinajstić information content (AvgIpc) is 2.74. The van der Waals surface area contributed by atoms with E-state index < -0.39 is 0 Å². The minimum absolute atomic E-state index is 0.255. The van der Waals surface area contributed by atoms with Gasteiger partial charge in [0.2, 0.25) is 0 Å². The Morgan fingerprint density at radius 3 is 2.10 bits per heavy atom. The second-order valence-electron chi connectivity index (χ2n) is 10.1. The first-order chi connectivity index (χ1) is 14.3. The maximum absolute atomic E-state index is 9.88. The molecule has 7 heteroatoms. The average molecular weight is 425 g/mol. The lowest BCUT2D eigenvalue weighted by Crippen LogP contribution is -2.67. The summed E-state index contributed by atoms with van der Waals surface area (Å²) in [5, 5.41) is 9.88. The SMILES string of the molecule is CCN1CCN([C@@H]([C@@H](C)N2CCN(C)C[C@@H]2C)[C@H](C)N2CCN(C)C(CO)C2)CC1. The first-order valence-corrected chi connectivity index (χ1v) is 12.3. The molecule has 1 N–H and O–H groups in total. The molecule has 3 fully saturated rings. The highest BCUT2D eigenvalue weighted by atomic mass is 16.3. The van der Waals surface area contributed by atoms with Gasteiger partial charge in [0.05, 0.1) is 6.61 Å². The van der Waals surface area contributed by atoms with Crippen molar-refractivity contribution < 1.29 is 5.11 Å². The molecule has 0 bridgehead atoms. The molecule has 3 aliphatic heterocycles. The third kappa shape index (κ3) is 5.55. The van der Waals surface area contributed by atoms with Crippen molar-refractivity contribution in [3.63, 3.8) is 0 Å². The van der Waals surface area contributed by atoms with Crippen LogP contribution in [0.5, 0.6) is 0 Å². The van der Waals surface area contributed by atoms with Gasteiger partial charge in [-0.15, -0.1) is 0 Å². The molecule has 0 aliphatic carbocycles. The van der Waals surface area contributed by atoms with Gasteiger partial charge in [-0.1, -0.05) is 6.92 Å². The first kappa shape index (κ1) is 24.4. The van der Waals surface area contributed by atoms with Crippen LogP contribution in [0.1, 0.15) is 27.7 Å². The number of rotatable bonds is 7. The van der Waals surface area contributed by atoms with Crippen molar-refractivity contribution in [2.45, 2.75) is 57.9 Å². The van der Waals surface area contributed by atoms with Crippen molar-refractivity contribution >= 4 is 0 Å². The first-order valence-electron chi connectivity index (χ1n) is 12.3. The fraction of sp³-hybridized carbons (Fsp3) is 1.00. The summed E-state index contributed by atoms with van der Waals surface area (Å²) in [6, 6.07) is 2.41.